The van der Waals surface area contributed by atoms with E-state index in [0.717, 1.165) is 31.8 Å². The molecule has 1 aromatic rings. The molecule has 1 aliphatic heterocycles. The Balaban J connectivity index is 2.01. The maximum absolute atomic E-state index is 6.15. The Hall–Kier alpha value is -1.06. The maximum atomic E-state index is 6.15. The molecule has 2 atom stereocenters. The second-order valence-electron chi connectivity index (χ2n) is 5.17. The van der Waals surface area contributed by atoms with E-state index in [1.54, 1.807) is 7.11 Å². The fourth-order valence-corrected chi connectivity index (χ4v) is 2.78. The molecule has 18 heavy (non-hydrogen) atoms. The molecule has 0 saturated carbocycles. The number of nitrogens with two attached hydrogens (primary N) is 1. The lowest BCUT2D eigenvalue weighted by atomic mass is 9.90. The van der Waals surface area contributed by atoms with Gasteiger partial charge in [0, 0.05) is 24.7 Å². The van der Waals surface area contributed by atoms with E-state index in [1.807, 2.05) is 12.1 Å². The van der Waals surface area contributed by atoms with Gasteiger partial charge in [-0.25, -0.2) is 0 Å². The van der Waals surface area contributed by atoms with Crippen LogP contribution in [0, 0.1) is 5.92 Å². The van der Waals surface area contributed by atoms with Crippen molar-refractivity contribution in [3.63, 3.8) is 0 Å². The number of rotatable bonds is 4. The predicted molar refractivity (Wildman–Crippen MR) is 74.6 cm³/mol. The first-order chi connectivity index (χ1) is 8.74. The molecule has 1 aromatic carbocycles. The van der Waals surface area contributed by atoms with Gasteiger partial charge in [-0.2, -0.15) is 0 Å². The normalized spacial score (nSPS) is 25.1. The summed E-state index contributed by atoms with van der Waals surface area (Å²) < 4.78 is 5.41. The van der Waals surface area contributed by atoms with Crippen LogP contribution in [0.1, 0.15) is 25.3 Å². The summed E-state index contributed by atoms with van der Waals surface area (Å²) in [7, 11) is 1.74. The minimum absolute atomic E-state index is 0.379. The van der Waals surface area contributed by atoms with Gasteiger partial charge in [0.05, 0.1) is 7.11 Å². The lowest BCUT2D eigenvalue weighted by Crippen LogP contribution is -2.46. The van der Waals surface area contributed by atoms with E-state index in [2.05, 4.69) is 24.0 Å². The fourth-order valence-electron chi connectivity index (χ4n) is 2.78. The number of benzene rings is 1. The van der Waals surface area contributed by atoms with Crippen molar-refractivity contribution >= 4 is 0 Å². The Morgan fingerprint density at radius 1 is 1.39 bits per heavy atom. The third-order valence-corrected chi connectivity index (χ3v) is 3.99. The van der Waals surface area contributed by atoms with Crippen LogP contribution >= 0.6 is 0 Å². The van der Waals surface area contributed by atoms with Gasteiger partial charge in [-0.05, 0) is 24.9 Å². The number of hydrogen-bond donors (Lipinski definition) is 1. The van der Waals surface area contributed by atoms with E-state index < -0.39 is 0 Å². The van der Waals surface area contributed by atoms with Crippen molar-refractivity contribution in [1.82, 2.24) is 4.90 Å². The minimum atomic E-state index is 0.379. The van der Waals surface area contributed by atoms with E-state index in [-0.39, 0.29) is 0 Å². The molecular formula is C15H24N2O. The molecule has 3 nitrogen and oxygen atoms in total. The second kappa shape index (κ2) is 6.21. The largest absolute Gasteiger partial charge is 0.496 e. The summed E-state index contributed by atoms with van der Waals surface area (Å²) >= 11 is 0. The molecule has 0 spiro atoms. The maximum Gasteiger partial charge on any atom is 0.123 e. The standard InChI is InChI=1S/C15H24N2O/c1-3-12-10-17(9-8-14(12)16)11-13-6-4-5-7-15(13)18-2/h4-7,12,14H,3,8-11,16H2,1-2H3. The van der Waals surface area contributed by atoms with Gasteiger partial charge in [0.2, 0.25) is 0 Å². The molecule has 0 radical (unpaired) electrons. The second-order valence-corrected chi connectivity index (χ2v) is 5.17. The number of likely N-dealkylation sites (tertiary alicyclic amines) is 1. The molecule has 0 bridgehead atoms. The summed E-state index contributed by atoms with van der Waals surface area (Å²) in [5, 5.41) is 0. The molecule has 0 aromatic heterocycles. The summed E-state index contributed by atoms with van der Waals surface area (Å²) in [5.74, 6) is 1.62. The van der Waals surface area contributed by atoms with Crippen molar-refractivity contribution < 1.29 is 4.74 Å². The monoisotopic (exact) mass is 248 g/mol. The van der Waals surface area contributed by atoms with Crippen molar-refractivity contribution in [3.8, 4) is 5.75 Å². The van der Waals surface area contributed by atoms with Gasteiger partial charge in [-0.15, -0.1) is 0 Å². The first-order valence-electron chi connectivity index (χ1n) is 6.84. The molecule has 1 heterocycles. The van der Waals surface area contributed by atoms with Crippen LogP contribution in [0.5, 0.6) is 5.75 Å². The predicted octanol–water partition coefficient (Wildman–Crippen LogP) is 2.25. The Bertz CT molecular complexity index is 381. The van der Waals surface area contributed by atoms with Gasteiger partial charge in [0.25, 0.3) is 0 Å². The number of methoxy groups -OCH3 is 1. The average Bonchev–Trinajstić information content (AvgIpc) is 2.41. The van der Waals surface area contributed by atoms with E-state index in [0.29, 0.717) is 12.0 Å². The molecule has 2 unspecified atom stereocenters. The number of hydrogen-bond acceptors (Lipinski definition) is 3. The van der Waals surface area contributed by atoms with Gasteiger partial charge in [0.1, 0.15) is 5.75 Å². The first-order valence-corrected chi connectivity index (χ1v) is 6.84. The lowest BCUT2D eigenvalue weighted by molar-refractivity contribution is 0.144. The van der Waals surface area contributed by atoms with Crippen molar-refractivity contribution in [3.05, 3.63) is 29.8 Å². The molecule has 3 heteroatoms. The Morgan fingerprint density at radius 3 is 2.89 bits per heavy atom. The van der Waals surface area contributed by atoms with Crippen molar-refractivity contribution in [2.75, 3.05) is 20.2 Å². The van der Waals surface area contributed by atoms with Crippen molar-refractivity contribution in [2.45, 2.75) is 32.4 Å². The molecule has 1 saturated heterocycles. The summed E-state index contributed by atoms with van der Waals surface area (Å²) in [4.78, 5) is 2.50. The minimum Gasteiger partial charge on any atom is -0.496 e. The summed E-state index contributed by atoms with van der Waals surface area (Å²) in [6.45, 7) is 5.40. The van der Waals surface area contributed by atoms with Crippen LogP contribution in [-0.2, 0) is 6.54 Å². The lowest BCUT2D eigenvalue weighted by Gasteiger charge is -2.36. The van der Waals surface area contributed by atoms with Crippen LogP contribution in [-0.4, -0.2) is 31.1 Å². The highest BCUT2D eigenvalue weighted by Gasteiger charge is 2.25. The SMILES string of the molecule is CCC1CN(Cc2ccccc2OC)CCC1N. The highest BCUT2D eigenvalue weighted by molar-refractivity contribution is 5.33. The summed E-state index contributed by atoms with van der Waals surface area (Å²) in [6, 6.07) is 8.65. The highest BCUT2D eigenvalue weighted by Crippen LogP contribution is 2.24. The van der Waals surface area contributed by atoms with Crippen LogP contribution < -0.4 is 10.5 Å². The molecule has 0 aliphatic carbocycles. The van der Waals surface area contributed by atoms with Gasteiger partial charge < -0.3 is 10.5 Å². The first kappa shape index (κ1) is 13.4. The van der Waals surface area contributed by atoms with Crippen molar-refractivity contribution in [1.29, 1.82) is 0 Å². The van der Waals surface area contributed by atoms with E-state index in [9.17, 15) is 0 Å². The van der Waals surface area contributed by atoms with Crippen LogP contribution in [0.2, 0.25) is 0 Å². The zero-order chi connectivity index (χ0) is 13.0. The van der Waals surface area contributed by atoms with Crippen LogP contribution in [0.4, 0.5) is 0 Å². The van der Waals surface area contributed by atoms with E-state index >= 15 is 0 Å². The molecule has 2 N–H and O–H groups in total. The molecule has 1 aliphatic rings. The Morgan fingerprint density at radius 2 is 2.17 bits per heavy atom. The average molecular weight is 248 g/mol. The molecule has 1 fully saturated rings. The van der Waals surface area contributed by atoms with E-state index in [4.69, 9.17) is 10.5 Å². The zero-order valence-corrected chi connectivity index (χ0v) is 11.4. The third kappa shape index (κ3) is 3.03. The van der Waals surface area contributed by atoms with Gasteiger partial charge >= 0.3 is 0 Å². The zero-order valence-electron chi connectivity index (χ0n) is 11.4. The van der Waals surface area contributed by atoms with Gasteiger partial charge in [-0.3, -0.25) is 4.90 Å². The topological polar surface area (TPSA) is 38.5 Å². The van der Waals surface area contributed by atoms with Crippen LogP contribution in [0.15, 0.2) is 24.3 Å². The van der Waals surface area contributed by atoms with Gasteiger partial charge in [-0.1, -0.05) is 31.5 Å². The van der Waals surface area contributed by atoms with E-state index in [1.165, 1.54) is 12.0 Å². The van der Waals surface area contributed by atoms with Gasteiger partial charge in [0.15, 0.2) is 0 Å². The molecular weight excluding hydrogens is 224 g/mol. The fraction of sp³-hybridized carbons (Fsp3) is 0.600. The van der Waals surface area contributed by atoms with Crippen LogP contribution in [0.3, 0.4) is 0 Å². The number of para-hydroxylation sites is 1. The summed E-state index contributed by atoms with van der Waals surface area (Å²) in [6.07, 6.45) is 2.28. The molecule has 100 valence electrons. The Kier molecular flexibility index (Phi) is 4.61. The quantitative estimate of drug-likeness (QED) is 0.888. The smallest absolute Gasteiger partial charge is 0.123 e. The number of ether oxygens (including phenoxy) is 1. The Labute approximate surface area is 110 Å². The van der Waals surface area contributed by atoms with Crippen molar-refractivity contribution in [2.24, 2.45) is 11.7 Å². The number of piperidine rings is 1. The highest BCUT2D eigenvalue weighted by atomic mass is 16.5. The van der Waals surface area contributed by atoms with Crippen LogP contribution in [0.25, 0.3) is 0 Å². The molecule has 0 amide bonds. The number of nitrogens with zero attached hydrogens (tertiary/aromatic N) is 1. The summed E-state index contributed by atoms with van der Waals surface area (Å²) in [5.41, 5.74) is 7.42. The molecule has 2 rings (SSSR count). The third-order valence-electron chi connectivity index (χ3n) is 3.99.